The molecule has 0 aromatic rings. The molecule has 0 rings (SSSR count). The van der Waals surface area contributed by atoms with Crippen molar-refractivity contribution in [3.05, 3.63) is 0 Å². The van der Waals surface area contributed by atoms with Crippen molar-refractivity contribution in [3.8, 4) is 0 Å². The van der Waals surface area contributed by atoms with E-state index in [1.165, 1.54) is 0 Å². The van der Waals surface area contributed by atoms with Crippen molar-refractivity contribution >= 4 is 22.4 Å². The van der Waals surface area contributed by atoms with E-state index in [-0.39, 0.29) is 0 Å². The minimum absolute atomic E-state index is 1.26. The highest BCUT2D eigenvalue weighted by Crippen LogP contribution is 2.26. The van der Waals surface area contributed by atoms with Gasteiger partial charge in [-0.3, -0.25) is 0 Å². The molecule has 2 N–H and O–H groups in total. The number of hydrogen-bond acceptors (Lipinski definition) is 3. The van der Waals surface area contributed by atoms with Crippen molar-refractivity contribution in [2.75, 3.05) is 0 Å². The molecular formula is C8H20O4Si2. The van der Waals surface area contributed by atoms with Gasteiger partial charge in [-0.1, -0.05) is 19.6 Å². The molecule has 0 aliphatic rings. The van der Waals surface area contributed by atoms with E-state index in [1.54, 1.807) is 19.6 Å². The Morgan fingerprint density at radius 1 is 1.14 bits per heavy atom. The predicted octanol–water partition coefficient (Wildman–Crippen LogP) is 1.49. The Labute approximate surface area is 87.0 Å². The number of hydrogen-bond donors (Lipinski definition) is 2. The predicted molar refractivity (Wildman–Crippen MR) is 60.4 cm³/mol. The van der Waals surface area contributed by atoms with E-state index in [2.05, 4.69) is 0 Å². The minimum Gasteiger partial charge on any atom is -0.478 e. The lowest BCUT2D eigenvalue weighted by molar-refractivity contribution is -0.175. The van der Waals surface area contributed by atoms with Gasteiger partial charge in [0.1, 0.15) is 8.07 Å². The fourth-order valence-corrected chi connectivity index (χ4v) is 4.72. The molecule has 0 aliphatic carbocycles. The highest BCUT2D eigenvalue weighted by atomic mass is 28.4. The molecule has 0 bridgehead atoms. The summed E-state index contributed by atoms with van der Waals surface area (Å²) in [5.74, 6) is -1.26. The van der Waals surface area contributed by atoms with Gasteiger partial charge >= 0.3 is 5.97 Å². The summed E-state index contributed by atoms with van der Waals surface area (Å²) in [5.41, 5.74) is -1.96. The third kappa shape index (κ3) is 3.19. The molecular weight excluding hydrogens is 216 g/mol. The van der Waals surface area contributed by atoms with Crippen LogP contribution < -0.4 is 0 Å². The summed E-state index contributed by atoms with van der Waals surface area (Å²) in [7, 11) is -4.38. The van der Waals surface area contributed by atoms with Crippen LogP contribution in [0.3, 0.4) is 0 Å². The van der Waals surface area contributed by atoms with Crippen LogP contribution in [0.1, 0.15) is 0 Å². The number of carboxylic acid groups (broad SMARTS) is 1. The first-order valence-electron chi connectivity index (χ1n) is 4.56. The van der Waals surface area contributed by atoms with Crippen LogP contribution in [0.5, 0.6) is 0 Å². The van der Waals surface area contributed by atoms with Crippen LogP contribution in [0, 0.1) is 0 Å². The second kappa shape index (κ2) is 3.76. The van der Waals surface area contributed by atoms with Gasteiger partial charge in [-0.05, 0) is 19.6 Å². The van der Waals surface area contributed by atoms with Gasteiger partial charge in [0.15, 0.2) is 8.32 Å². The Kier molecular flexibility index (Phi) is 3.72. The van der Waals surface area contributed by atoms with Crippen LogP contribution in [-0.4, -0.2) is 38.0 Å². The fraction of sp³-hybridized carbons (Fsp3) is 0.875. The molecule has 1 atom stereocenters. The maximum atomic E-state index is 11.0. The second-order valence-electron chi connectivity index (χ2n) is 5.41. The summed E-state index contributed by atoms with van der Waals surface area (Å²) in [4.78, 5) is 11.0. The average molecular weight is 236 g/mol. The first-order chi connectivity index (χ1) is 5.90. The number of carbonyl (C=O) groups is 1. The monoisotopic (exact) mass is 236 g/mol. The molecule has 84 valence electrons. The first kappa shape index (κ1) is 13.8. The highest BCUT2D eigenvalue weighted by molar-refractivity contribution is 6.83. The molecule has 4 nitrogen and oxygen atoms in total. The number of aliphatic hydroxyl groups is 1. The molecule has 6 heteroatoms. The van der Waals surface area contributed by atoms with Gasteiger partial charge in [-0.25, -0.2) is 4.79 Å². The van der Waals surface area contributed by atoms with Crippen molar-refractivity contribution in [1.82, 2.24) is 0 Å². The number of rotatable bonds is 4. The second-order valence-corrected chi connectivity index (χ2v) is 15.0. The van der Waals surface area contributed by atoms with Gasteiger partial charge in [-0.2, -0.15) is 0 Å². The van der Waals surface area contributed by atoms with Crippen molar-refractivity contribution in [2.45, 2.75) is 44.7 Å². The van der Waals surface area contributed by atoms with E-state index >= 15 is 0 Å². The molecule has 0 spiro atoms. The lowest BCUT2D eigenvalue weighted by Gasteiger charge is -2.39. The molecule has 1 unspecified atom stereocenters. The molecule has 0 saturated carbocycles. The molecule has 0 aromatic carbocycles. The summed E-state index contributed by atoms with van der Waals surface area (Å²) in [6.07, 6.45) is 0. The smallest absolute Gasteiger partial charge is 0.358 e. The van der Waals surface area contributed by atoms with Crippen LogP contribution in [0.4, 0.5) is 0 Å². The normalized spacial score (nSPS) is 17.6. The SMILES string of the molecule is C[Si](C)(C)OC(O)(C(=O)O)[Si](C)(C)C. The van der Waals surface area contributed by atoms with E-state index in [9.17, 15) is 9.90 Å². The maximum Gasteiger partial charge on any atom is 0.358 e. The quantitative estimate of drug-likeness (QED) is 0.573. The van der Waals surface area contributed by atoms with E-state index in [1.807, 2.05) is 19.6 Å². The summed E-state index contributed by atoms with van der Waals surface area (Å²) in [6.45, 7) is 10.9. The number of carboxylic acids is 1. The molecule has 14 heavy (non-hydrogen) atoms. The minimum atomic E-state index is -2.32. The topological polar surface area (TPSA) is 66.8 Å². The van der Waals surface area contributed by atoms with Crippen LogP contribution >= 0.6 is 0 Å². The van der Waals surface area contributed by atoms with E-state index in [4.69, 9.17) is 9.53 Å². The third-order valence-corrected chi connectivity index (χ3v) is 5.22. The van der Waals surface area contributed by atoms with Crippen molar-refractivity contribution < 1.29 is 19.4 Å². The summed E-state index contributed by atoms with van der Waals surface area (Å²) >= 11 is 0. The summed E-state index contributed by atoms with van der Waals surface area (Å²) in [6, 6.07) is 0. The maximum absolute atomic E-state index is 11.0. The Morgan fingerprint density at radius 2 is 1.50 bits per heavy atom. The lowest BCUT2D eigenvalue weighted by atomic mass is 10.6. The third-order valence-electron chi connectivity index (χ3n) is 1.76. The molecule has 0 heterocycles. The molecule has 0 aliphatic heterocycles. The van der Waals surface area contributed by atoms with Gasteiger partial charge < -0.3 is 14.6 Å². The first-order valence-corrected chi connectivity index (χ1v) is 11.5. The van der Waals surface area contributed by atoms with Gasteiger partial charge in [0.05, 0.1) is 0 Å². The van der Waals surface area contributed by atoms with Crippen LogP contribution in [0.2, 0.25) is 39.3 Å². The van der Waals surface area contributed by atoms with Gasteiger partial charge in [0.25, 0.3) is 0 Å². The van der Waals surface area contributed by atoms with E-state index < -0.39 is 27.8 Å². The highest BCUT2D eigenvalue weighted by Gasteiger charge is 2.52. The Bertz CT molecular complexity index is 228. The van der Waals surface area contributed by atoms with Crippen molar-refractivity contribution in [1.29, 1.82) is 0 Å². The molecule has 0 amide bonds. The Balaban J connectivity index is 5.04. The molecule has 0 radical (unpaired) electrons. The largest absolute Gasteiger partial charge is 0.478 e. The van der Waals surface area contributed by atoms with Crippen molar-refractivity contribution in [3.63, 3.8) is 0 Å². The molecule has 0 saturated heterocycles. The van der Waals surface area contributed by atoms with E-state index in [0.717, 1.165) is 0 Å². The zero-order chi connectivity index (χ0) is 11.8. The zero-order valence-electron chi connectivity index (χ0n) is 9.71. The Morgan fingerprint density at radius 3 is 1.57 bits per heavy atom. The van der Waals surface area contributed by atoms with Crippen LogP contribution in [-0.2, 0) is 9.22 Å². The Hall–Kier alpha value is -0.176. The molecule has 0 aromatic heterocycles. The zero-order valence-corrected chi connectivity index (χ0v) is 11.7. The van der Waals surface area contributed by atoms with Gasteiger partial charge in [0.2, 0.25) is 5.41 Å². The van der Waals surface area contributed by atoms with E-state index in [0.29, 0.717) is 0 Å². The number of aliphatic carboxylic acids is 1. The van der Waals surface area contributed by atoms with Crippen LogP contribution in [0.25, 0.3) is 0 Å². The average Bonchev–Trinajstić information content (AvgIpc) is 1.79. The van der Waals surface area contributed by atoms with Gasteiger partial charge in [-0.15, -0.1) is 0 Å². The fourth-order valence-electron chi connectivity index (χ4n) is 0.961. The summed E-state index contributed by atoms with van der Waals surface area (Å²) < 4.78 is 5.41. The van der Waals surface area contributed by atoms with Crippen molar-refractivity contribution in [2.24, 2.45) is 0 Å². The summed E-state index contributed by atoms with van der Waals surface area (Å²) in [5, 5.41) is 19.0. The van der Waals surface area contributed by atoms with Crippen LogP contribution in [0.15, 0.2) is 0 Å². The van der Waals surface area contributed by atoms with Gasteiger partial charge in [0, 0.05) is 0 Å². The molecule has 0 fully saturated rings. The lowest BCUT2D eigenvalue weighted by Crippen LogP contribution is -2.63. The standard InChI is InChI=1S/C8H20O4Si2/c1-13(2,3)8(11,7(9)10)12-14(4,5)6/h11H,1-6H3,(H,9,10).